The Labute approximate surface area is 148 Å². The third kappa shape index (κ3) is 4.77. The van der Waals surface area contributed by atoms with Crippen molar-refractivity contribution >= 4 is 27.5 Å². The van der Waals surface area contributed by atoms with Crippen molar-refractivity contribution in [2.75, 3.05) is 39.0 Å². The van der Waals surface area contributed by atoms with Gasteiger partial charge in [0.1, 0.15) is 0 Å². The largest absolute Gasteiger partial charge is 0.340 e. The number of hydrogen-bond donors (Lipinski definition) is 2. The lowest BCUT2D eigenvalue weighted by Crippen LogP contribution is -2.44. The van der Waals surface area contributed by atoms with Crippen LogP contribution in [0.2, 0.25) is 0 Å². The summed E-state index contributed by atoms with van der Waals surface area (Å²) in [5.41, 5.74) is 0.513. The van der Waals surface area contributed by atoms with Crippen LogP contribution in [0.4, 0.5) is 5.69 Å². The standard InChI is InChI=1S/C16H24N4O4S/c1-12(21)18-13-4-6-15(7-5-13)25(23,24)19(2)11-16(22)20(3)14-8-9-17-10-14/h4-7,14,17H,8-11H2,1-3H3,(H,18,21). The molecule has 1 unspecified atom stereocenters. The minimum atomic E-state index is -3.78. The smallest absolute Gasteiger partial charge is 0.243 e. The molecule has 0 saturated carbocycles. The number of rotatable bonds is 6. The Balaban J connectivity index is 2.04. The molecule has 1 aromatic rings. The second-order valence-corrected chi connectivity index (χ2v) is 8.16. The first-order chi connectivity index (χ1) is 11.7. The van der Waals surface area contributed by atoms with Crippen molar-refractivity contribution in [3.8, 4) is 0 Å². The number of amides is 2. The zero-order chi connectivity index (χ0) is 18.6. The molecule has 138 valence electrons. The molecule has 0 radical (unpaired) electrons. The highest BCUT2D eigenvalue weighted by atomic mass is 32.2. The van der Waals surface area contributed by atoms with Gasteiger partial charge in [-0.2, -0.15) is 4.31 Å². The minimum Gasteiger partial charge on any atom is -0.340 e. The van der Waals surface area contributed by atoms with E-state index in [-0.39, 0.29) is 29.3 Å². The van der Waals surface area contributed by atoms with Gasteiger partial charge >= 0.3 is 0 Å². The van der Waals surface area contributed by atoms with Gasteiger partial charge in [0.2, 0.25) is 21.8 Å². The Bertz CT molecular complexity index is 727. The van der Waals surface area contributed by atoms with Gasteiger partial charge in [0.15, 0.2) is 0 Å². The Morgan fingerprint density at radius 3 is 2.40 bits per heavy atom. The Kier molecular flexibility index (Phi) is 6.15. The fourth-order valence-electron chi connectivity index (χ4n) is 2.65. The highest BCUT2D eigenvalue weighted by molar-refractivity contribution is 7.89. The van der Waals surface area contributed by atoms with Crippen LogP contribution in [0.1, 0.15) is 13.3 Å². The van der Waals surface area contributed by atoms with Crippen molar-refractivity contribution < 1.29 is 18.0 Å². The van der Waals surface area contributed by atoms with E-state index in [9.17, 15) is 18.0 Å². The van der Waals surface area contributed by atoms with Crippen molar-refractivity contribution in [2.45, 2.75) is 24.3 Å². The third-order valence-electron chi connectivity index (χ3n) is 4.22. The average molecular weight is 368 g/mol. The number of benzene rings is 1. The summed E-state index contributed by atoms with van der Waals surface area (Å²) in [4.78, 5) is 25.0. The Hall–Kier alpha value is -1.97. The summed E-state index contributed by atoms with van der Waals surface area (Å²) in [5.74, 6) is -0.475. The maximum Gasteiger partial charge on any atom is 0.243 e. The molecule has 1 aliphatic heterocycles. The fraction of sp³-hybridized carbons (Fsp3) is 0.500. The van der Waals surface area contributed by atoms with Crippen LogP contribution in [0.15, 0.2) is 29.2 Å². The van der Waals surface area contributed by atoms with E-state index < -0.39 is 10.0 Å². The minimum absolute atomic E-state index is 0.0714. The lowest BCUT2D eigenvalue weighted by molar-refractivity contribution is -0.131. The second kappa shape index (κ2) is 7.94. The van der Waals surface area contributed by atoms with Crippen molar-refractivity contribution in [3.63, 3.8) is 0 Å². The first-order valence-corrected chi connectivity index (χ1v) is 9.46. The van der Waals surface area contributed by atoms with E-state index >= 15 is 0 Å². The zero-order valence-electron chi connectivity index (χ0n) is 14.7. The number of anilines is 1. The predicted octanol–water partition coefficient (Wildman–Crippen LogP) is 0.0858. The summed E-state index contributed by atoms with van der Waals surface area (Å²) in [7, 11) is -0.697. The number of sulfonamides is 1. The van der Waals surface area contributed by atoms with Gasteiger partial charge in [-0.15, -0.1) is 0 Å². The second-order valence-electron chi connectivity index (χ2n) is 6.12. The normalized spacial score (nSPS) is 17.5. The third-order valence-corrected chi connectivity index (χ3v) is 6.03. The molecule has 1 aromatic carbocycles. The van der Waals surface area contributed by atoms with Crippen molar-refractivity contribution in [3.05, 3.63) is 24.3 Å². The fourth-order valence-corrected chi connectivity index (χ4v) is 3.77. The van der Waals surface area contributed by atoms with E-state index in [1.54, 1.807) is 11.9 Å². The van der Waals surface area contributed by atoms with E-state index in [1.807, 2.05) is 0 Å². The van der Waals surface area contributed by atoms with Gasteiger partial charge in [0, 0.05) is 39.3 Å². The summed E-state index contributed by atoms with van der Waals surface area (Å²) >= 11 is 0. The topological polar surface area (TPSA) is 98.8 Å². The maximum absolute atomic E-state index is 12.6. The summed E-state index contributed by atoms with van der Waals surface area (Å²) in [6.07, 6.45) is 0.864. The molecule has 1 saturated heterocycles. The summed E-state index contributed by atoms with van der Waals surface area (Å²) < 4.78 is 26.2. The van der Waals surface area contributed by atoms with Gasteiger partial charge in [0.25, 0.3) is 0 Å². The Morgan fingerprint density at radius 2 is 1.88 bits per heavy atom. The molecule has 1 atom stereocenters. The van der Waals surface area contributed by atoms with E-state index in [1.165, 1.54) is 38.2 Å². The van der Waals surface area contributed by atoms with Gasteiger partial charge in [-0.3, -0.25) is 9.59 Å². The predicted molar refractivity (Wildman–Crippen MR) is 94.6 cm³/mol. The number of hydrogen-bond acceptors (Lipinski definition) is 5. The van der Waals surface area contributed by atoms with Crippen LogP contribution in [0.3, 0.4) is 0 Å². The lowest BCUT2D eigenvalue weighted by Gasteiger charge is -2.26. The molecule has 9 heteroatoms. The number of carbonyl (C=O) groups excluding carboxylic acids is 2. The van der Waals surface area contributed by atoms with E-state index in [0.717, 1.165) is 23.8 Å². The molecule has 2 rings (SSSR count). The van der Waals surface area contributed by atoms with Crippen LogP contribution in [0, 0.1) is 0 Å². The number of nitrogens with zero attached hydrogens (tertiary/aromatic N) is 2. The molecular weight excluding hydrogens is 344 g/mol. The van der Waals surface area contributed by atoms with Crippen LogP contribution in [-0.4, -0.2) is 69.2 Å². The van der Waals surface area contributed by atoms with Gasteiger partial charge in [0.05, 0.1) is 11.4 Å². The molecule has 1 aliphatic rings. The molecule has 0 aliphatic carbocycles. The molecule has 2 N–H and O–H groups in total. The summed E-state index contributed by atoms with van der Waals surface area (Å²) in [6, 6.07) is 5.94. The van der Waals surface area contributed by atoms with Gasteiger partial charge in [-0.05, 0) is 37.2 Å². The quantitative estimate of drug-likeness (QED) is 0.741. The van der Waals surface area contributed by atoms with Crippen LogP contribution < -0.4 is 10.6 Å². The van der Waals surface area contributed by atoms with E-state index in [2.05, 4.69) is 10.6 Å². The lowest BCUT2D eigenvalue weighted by atomic mass is 10.2. The highest BCUT2D eigenvalue weighted by Gasteiger charge is 2.28. The molecule has 1 heterocycles. The first-order valence-electron chi connectivity index (χ1n) is 8.02. The monoisotopic (exact) mass is 368 g/mol. The van der Waals surface area contributed by atoms with Crippen LogP contribution in [-0.2, 0) is 19.6 Å². The molecule has 0 spiro atoms. The van der Waals surface area contributed by atoms with Gasteiger partial charge < -0.3 is 15.5 Å². The van der Waals surface area contributed by atoms with Crippen LogP contribution >= 0.6 is 0 Å². The number of likely N-dealkylation sites (N-methyl/N-ethyl adjacent to an activating group) is 2. The molecule has 25 heavy (non-hydrogen) atoms. The SMILES string of the molecule is CC(=O)Nc1ccc(S(=O)(=O)N(C)CC(=O)N(C)C2CCNC2)cc1. The van der Waals surface area contributed by atoms with Gasteiger partial charge in [-0.1, -0.05) is 0 Å². The molecule has 0 bridgehead atoms. The van der Waals surface area contributed by atoms with Crippen molar-refractivity contribution in [1.82, 2.24) is 14.5 Å². The molecule has 8 nitrogen and oxygen atoms in total. The average Bonchev–Trinajstić information content (AvgIpc) is 3.08. The summed E-state index contributed by atoms with van der Waals surface area (Å²) in [6.45, 7) is 2.74. The first kappa shape index (κ1) is 19.4. The Morgan fingerprint density at radius 1 is 1.24 bits per heavy atom. The molecule has 1 fully saturated rings. The van der Waals surface area contributed by atoms with Crippen LogP contribution in [0.5, 0.6) is 0 Å². The molecule has 2 amide bonds. The zero-order valence-corrected chi connectivity index (χ0v) is 15.5. The number of carbonyl (C=O) groups is 2. The van der Waals surface area contributed by atoms with Crippen LogP contribution in [0.25, 0.3) is 0 Å². The highest BCUT2D eigenvalue weighted by Crippen LogP contribution is 2.18. The number of nitrogens with one attached hydrogen (secondary N) is 2. The molecular formula is C16H24N4O4S. The van der Waals surface area contributed by atoms with Gasteiger partial charge in [-0.25, -0.2) is 8.42 Å². The van der Waals surface area contributed by atoms with E-state index in [4.69, 9.17) is 0 Å². The maximum atomic E-state index is 12.6. The van der Waals surface area contributed by atoms with Crippen molar-refractivity contribution in [2.24, 2.45) is 0 Å². The molecule has 0 aromatic heterocycles. The summed E-state index contributed by atoms with van der Waals surface area (Å²) in [5, 5.41) is 5.76. The van der Waals surface area contributed by atoms with E-state index in [0.29, 0.717) is 5.69 Å². The van der Waals surface area contributed by atoms with Crippen molar-refractivity contribution in [1.29, 1.82) is 0 Å².